The maximum Gasteiger partial charge on any atom is 0.243 e. The summed E-state index contributed by atoms with van der Waals surface area (Å²) in [4.78, 5) is 12.8. The van der Waals surface area contributed by atoms with Crippen molar-refractivity contribution in [2.24, 2.45) is 5.92 Å². The summed E-state index contributed by atoms with van der Waals surface area (Å²) in [6, 6.07) is 14.9. The van der Waals surface area contributed by atoms with E-state index in [0.29, 0.717) is 29.7 Å². The molecule has 1 aliphatic rings. The molecule has 1 saturated heterocycles. The molecule has 0 unspecified atom stereocenters. The van der Waals surface area contributed by atoms with Gasteiger partial charge in [0.25, 0.3) is 0 Å². The Morgan fingerprint density at radius 2 is 1.81 bits per heavy atom. The van der Waals surface area contributed by atoms with Gasteiger partial charge in [-0.2, -0.15) is 9.57 Å². The zero-order chi connectivity index (χ0) is 19.4. The van der Waals surface area contributed by atoms with Gasteiger partial charge in [0, 0.05) is 24.6 Å². The molecule has 1 heterocycles. The number of nitrogens with zero attached hydrogens (tertiary/aromatic N) is 2. The molecular weight excluding hydrogens is 364 g/mol. The van der Waals surface area contributed by atoms with E-state index in [0.717, 1.165) is 0 Å². The van der Waals surface area contributed by atoms with Crippen molar-refractivity contribution in [1.29, 1.82) is 5.26 Å². The molecule has 2 aromatic carbocycles. The van der Waals surface area contributed by atoms with Crippen molar-refractivity contribution in [3.8, 4) is 11.8 Å². The fraction of sp³-hybridized carbons (Fsp3) is 0.300. The van der Waals surface area contributed by atoms with E-state index in [4.69, 9.17) is 10.00 Å². The van der Waals surface area contributed by atoms with Crippen molar-refractivity contribution in [2.45, 2.75) is 17.7 Å². The van der Waals surface area contributed by atoms with Gasteiger partial charge in [0.1, 0.15) is 5.75 Å². The lowest BCUT2D eigenvalue weighted by Crippen LogP contribution is -2.40. The quantitative estimate of drug-likeness (QED) is 0.740. The van der Waals surface area contributed by atoms with Gasteiger partial charge in [-0.05, 0) is 55.3 Å². The second kappa shape index (κ2) is 7.91. The van der Waals surface area contributed by atoms with Gasteiger partial charge in [-0.15, -0.1) is 0 Å². The Balaban J connectivity index is 1.68. The zero-order valence-electron chi connectivity index (χ0n) is 15.0. The Morgan fingerprint density at radius 1 is 1.15 bits per heavy atom. The van der Waals surface area contributed by atoms with E-state index in [9.17, 15) is 13.2 Å². The molecule has 7 heteroatoms. The van der Waals surface area contributed by atoms with E-state index in [2.05, 4.69) is 0 Å². The van der Waals surface area contributed by atoms with Crippen molar-refractivity contribution >= 4 is 15.8 Å². The van der Waals surface area contributed by atoms with Crippen LogP contribution in [-0.2, 0) is 10.0 Å². The smallest absolute Gasteiger partial charge is 0.243 e. The number of hydrogen-bond donors (Lipinski definition) is 0. The molecule has 2 aromatic rings. The summed E-state index contributed by atoms with van der Waals surface area (Å²) >= 11 is 0. The first-order valence-electron chi connectivity index (χ1n) is 8.64. The fourth-order valence-corrected chi connectivity index (χ4v) is 4.74. The van der Waals surface area contributed by atoms with Crippen LogP contribution in [0.25, 0.3) is 0 Å². The summed E-state index contributed by atoms with van der Waals surface area (Å²) in [7, 11) is -2.09. The molecule has 3 rings (SSSR count). The van der Waals surface area contributed by atoms with E-state index in [1.54, 1.807) is 43.5 Å². The van der Waals surface area contributed by atoms with Gasteiger partial charge in [-0.25, -0.2) is 8.42 Å². The maximum atomic E-state index is 12.8. The van der Waals surface area contributed by atoms with Crippen molar-refractivity contribution in [2.75, 3.05) is 20.2 Å². The summed E-state index contributed by atoms with van der Waals surface area (Å²) in [5.74, 6) is 0.517. The van der Waals surface area contributed by atoms with Crippen LogP contribution >= 0.6 is 0 Å². The van der Waals surface area contributed by atoms with Gasteiger partial charge in [-0.1, -0.05) is 6.07 Å². The van der Waals surface area contributed by atoms with Gasteiger partial charge in [0.05, 0.1) is 23.6 Å². The second-order valence-corrected chi connectivity index (χ2v) is 8.35. The molecule has 6 nitrogen and oxygen atoms in total. The van der Waals surface area contributed by atoms with Crippen LogP contribution in [-0.4, -0.2) is 38.7 Å². The number of hydrogen-bond acceptors (Lipinski definition) is 5. The van der Waals surface area contributed by atoms with Crippen molar-refractivity contribution in [3.63, 3.8) is 0 Å². The third-order valence-corrected chi connectivity index (χ3v) is 6.69. The van der Waals surface area contributed by atoms with Crippen LogP contribution < -0.4 is 4.74 Å². The molecule has 1 aliphatic heterocycles. The molecular formula is C20H20N2O4S. The molecule has 0 saturated carbocycles. The number of carbonyl (C=O) groups excluding carboxylic acids is 1. The van der Waals surface area contributed by atoms with Gasteiger partial charge >= 0.3 is 0 Å². The number of rotatable bonds is 5. The SMILES string of the molecule is COc1ccc(C(=O)C2CCN(S(=O)(=O)c3cccc(C#N)c3)CC2)cc1. The van der Waals surface area contributed by atoms with Crippen LogP contribution in [0.4, 0.5) is 0 Å². The highest BCUT2D eigenvalue weighted by Gasteiger charge is 2.32. The molecule has 0 bridgehead atoms. The van der Waals surface area contributed by atoms with Gasteiger partial charge in [-0.3, -0.25) is 4.79 Å². The molecule has 1 fully saturated rings. The van der Waals surface area contributed by atoms with Crippen LogP contribution in [0.15, 0.2) is 53.4 Å². The number of benzene rings is 2. The Morgan fingerprint density at radius 3 is 2.41 bits per heavy atom. The first kappa shape index (κ1) is 19.1. The lowest BCUT2D eigenvalue weighted by atomic mass is 9.89. The predicted octanol–water partition coefficient (Wildman–Crippen LogP) is 2.85. The van der Waals surface area contributed by atoms with E-state index >= 15 is 0 Å². The second-order valence-electron chi connectivity index (χ2n) is 6.41. The summed E-state index contributed by atoms with van der Waals surface area (Å²) in [6.07, 6.45) is 0.948. The number of nitriles is 1. The van der Waals surface area contributed by atoms with Crippen molar-refractivity contribution in [1.82, 2.24) is 4.31 Å². The maximum absolute atomic E-state index is 12.8. The Bertz CT molecular complexity index is 970. The molecule has 0 amide bonds. The summed E-state index contributed by atoms with van der Waals surface area (Å²) in [5.41, 5.74) is 0.916. The first-order valence-corrected chi connectivity index (χ1v) is 10.1. The zero-order valence-corrected chi connectivity index (χ0v) is 15.8. The van der Waals surface area contributed by atoms with Crippen LogP contribution in [0.5, 0.6) is 5.75 Å². The molecule has 0 N–H and O–H groups in total. The Labute approximate surface area is 159 Å². The highest BCUT2D eigenvalue weighted by Crippen LogP contribution is 2.27. The summed E-state index contributed by atoms with van der Waals surface area (Å²) in [6.45, 7) is 0.567. The Kier molecular flexibility index (Phi) is 5.59. The molecule has 0 aliphatic carbocycles. The van der Waals surface area contributed by atoms with E-state index in [1.807, 2.05) is 6.07 Å². The standard InChI is InChI=1S/C20H20N2O4S/c1-26-18-7-5-16(6-8-18)20(23)17-9-11-22(12-10-17)27(24,25)19-4-2-3-15(13-19)14-21/h2-8,13,17H,9-12H2,1H3. The molecule has 0 radical (unpaired) electrons. The minimum absolute atomic E-state index is 0.0289. The lowest BCUT2D eigenvalue weighted by molar-refractivity contribution is 0.0875. The molecule has 0 aromatic heterocycles. The van der Waals surface area contributed by atoms with Crippen LogP contribution in [0.1, 0.15) is 28.8 Å². The largest absolute Gasteiger partial charge is 0.497 e. The normalized spacial score (nSPS) is 15.9. The summed E-state index contributed by atoms with van der Waals surface area (Å²) < 4.78 is 32.1. The van der Waals surface area contributed by atoms with Crippen molar-refractivity contribution < 1.29 is 17.9 Å². The minimum Gasteiger partial charge on any atom is -0.497 e. The highest BCUT2D eigenvalue weighted by molar-refractivity contribution is 7.89. The number of methoxy groups -OCH3 is 1. The van der Waals surface area contributed by atoms with Crippen LogP contribution in [0.3, 0.4) is 0 Å². The van der Waals surface area contributed by atoms with Crippen LogP contribution in [0, 0.1) is 17.2 Å². The van der Waals surface area contributed by atoms with Gasteiger partial charge < -0.3 is 4.74 Å². The first-order chi connectivity index (χ1) is 13.0. The van der Waals surface area contributed by atoms with E-state index in [-0.39, 0.29) is 29.7 Å². The lowest BCUT2D eigenvalue weighted by Gasteiger charge is -2.30. The predicted molar refractivity (Wildman–Crippen MR) is 100.0 cm³/mol. The molecule has 0 spiro atoms. The minimum atomic E-state index is -3.66. The van der Waals surface area contributed by atoms with Gasteiger partial charge in [0.15, 0.2) is 5.78 Å². The number of piperidine rings is 1. The molecule has 27 heavy (non-hydrogen) atoms. The Hall–Kier alpha value is -2.69. The number of ether oxygens (including phenoxy) is 1. The van der Waals surface area contributed by atoms with E-state index < -0.39 is 10.0 Å². The van der Waals surface area contributed by atoms with E-state index in [1.165, 1.54) is 16.4 Å². The third kappa shape index (κ3) is 4.02. The average molecular weight is 384 g/mol. The monoisotopic (exact) mass is 384 g/mol. The number of ketones is 1. The number of carbonyl (C=O) groups is 1. The van der Waals surface area contributed by atoms with Crippen molar-refractivity contribution in [3.05, 3.63) is 59.7 Å². The third-order valence-electron chi connectivity index (χ3n) is 4.80. The number of sulfonamides is 1. The average Bonchev–Trinajstić information content (AvgIpc) is 2.73. The topological polar surface area (TPSA) is 87.5 Å². The highest BCUT2D eigenvalue weighted by atomic mass is 32.2. The molecule has 0 atom stereocenters. The van der Waals surface area contributed by atoms with Crippen LogP contribution in [0.2, 0.25) is 0 Å². The number of Topliss-reactive ketones (excluding diaryl/α,β-unsaturated/α-hetero) is 1. The van der Waals surface area contributed by atoms with Gasteiger partial charge in [0.2, 0.25) is 10.0 Å². The fourth-order valence-electron chi connectivity index (χ4n) is 3.22. The molecule has 140 valence electrons. The summed E-state index contributed by atoms with van der Waals surface area (Å²) in [5, 5.41) is 8.97.